The second-order valence-electron chi connectivity index (χ2n) is 4.72. The summed E-state index contributed by atoms with van der Waals surface area (Å²) in [6, 6.07) is 14.1. The first-order valence-corrected chi connectivity index (χ1v) is 7.80. The Bertz CT molecular complexity index is 598. The van der Waals surface area contributed by atoms with Crippen molar-refractivity contribution in [1.29, 1.82) is 0 Å². The van der Waals surface area contributed by atoms with Crippen LogP contribution >= 0.6 is 0 Å². The lowest BCUT2D eigenvalue weighted by Crippen LogP contribution is -2.22. The molecule has 0 amide bonds. The minimum Gasteiger partial charge on any atom is -0.312 e. The topological polar surface area (TPSA) is 29.1 Å². The van der Waals surface area contributed by atoms with Crippen LogP contribution < -0.4 is 5.32 Å². The maximum absolute atomic E-state index is 13.2. The maximum Gasteiger partial charge on any atom is 0.124 e. The highest BCUT2D eigenvalue weighted by Gasteiger charge is 2.14. The van der Waals surface area contributed by atoms with Gasteiger partial charge in [-0.2, -0.15) is 0 Å². The van der Waals surface area contributed by atoms with Crippen molar-refractivity contribution in [1.82, 2.24) is 5.32 Å². The zero-order valence-electron chi connectivity index (χ0n) is 11.6. The molecule has 2 unspecified atom stereocenters. The van der Waals surface area contributed by atoms with Crippen LogP contribution in [0.3, 0.4) is 0 Å². The Hall–Kier alpha value is -1.52. The van der Waals surface area contributed by atoms with Crippen molar-refractivity contribution in [2.45, 2.75) is 17.9 Å². The molecule has 106 valence electrons. The molecule has 2 aromatic carbocycles. The highest BCUT2D eigenvalue weighted by molar-refractivity contribution is 7.85. The number of nitrogens with one attached hydrogen (secondary N) is 1. The van der Waals surface area contributed by atoms with Crippen LogP contribution in [-0.4, -0.2) is 17.0 Å². The van der Waals surface area contributed by atoms with Crippen molar-refractivity contribution >= 4 is 10.8 Å². The summed E-state index contributed by atoms with van der Waals surface area (Å²) in [5, 5.41) is 3.17. The van der Waals surface area contributed by atoms with E-state index in [0.717, 1.165) is 5.56 Å². The van der Waals surface area contributed by atoms with Crippen molar-refractivity contribution in [3.8, 4) is 0 Å². The van der Waals surface area contributed by atoms with E-state index in [2.05, 4.69) is 5.32 Å². The molecule has 2 atom stereocenters. The largest absolute Gasteiger partial charge is 0.312 e. The smallest absolute Gasteiger partial charge is 0.124 e. The summed E-state index contributed by atoms with van der Waals surface area (Å²) in [5.74, 6) is 0.0652. The van der Waals surface area contributed by atoms with E-state index in [1.54, 1.807) is 12.1 Å². The second kappa shape index (κ2) is 6.77. The van der Waals surface area contributed by atoms with E-state index in [9.17, 15) is 8.60 Å². The molecule has 2 rings (SSSR count). The SMILES string of the molecule is CNC(CS(=O)c1cccc(F)c1)c1ccc(C)cc1. The van der Waals surface area contributed by atoms with Gasteiger partial charge in [0.05, 0.1) is 10.8 Å². The molecule has 0 spiro atoms. The van der Waals surface area contributed by atoms with Gasteiger partial charge in [-0.25, -0.2) is 4.39 Å². The molecule has 1 N–H and O–H groups in total. The molecule has 20 heavy (non-hydrogen) atoms. The Kier molecular flexibility index (Phi) is 5.04. The fraction of sp³-hybridized carbons (Fsp3) is 0.250. The zero-order valence-corrected chi connectivity index (χ0v) is 12.4. The fourth-order valence-electron chi connectivity index (χ4n) is 2.00. The van der Waals surface area contributed by atoms with E-state index in [1.165, 1.54) is 17.7 Å². The first-order chi connectivity index (χ1) is 9.60. The average molecular weight is 291 g/mol. The Morgan fingerprint density at radius 3 is 2.50 bits per heavy atom. The number of aryl methyl sites for hydroxylation is 1. The molecule has 0 bridgehead atoms. The van der Waals surface area contributed by atoms with Gasteiger partial charge >= 0.3 is 0 Å². The van der Waals surface area contributed by atoms with E-state index in [1.807, 2.05) is 38.2 Å². The summed E-state index contributed by atoms with van der Waals surface area (Å²) in [6.45, 7) is 2.03. The summed E-state index contributed by atoms with van der Waals surface area (Å²) >= 11 is 0. The zero-order chi connectivity index (χ0) is 14.5. The van der Waals surface area contributed by atoms with E-state index in [-0.39, 0.29) is 11.9 Å². The Morgan fingerprint density at radius 2 is 1.90 bits per heavy atom. The number of rotatable bonds is 5. The third-order valence-corrected chi connectivity index (χ3v) is 4.62. The quantitative estimate of drug-likeness (QED) is 0.916. The Morgan fingerprint density at radius 1 is 1.20 bits per heavy atom. The lowest BCUT2D eigenvalue weighted by Gasteiger charge is -2.16. The van der Waals surface area contributed by atoms with Crippen LogP contribution in [-0.2, 0) is 10.8 Å². The molecule has 2 nitrogen and oxygen atoms in total. The second-order valence-corrected chi connectivity index (χ2v) is 6.22. The van der Waals surface area contributed by atoms with Gasteiger partial charge in [0.2, 0.25) is 0 Å². The molecule has 0 heterocycles. The predicted molar refractivity (Wildman–Crippen MR) is 80.7 cm³/mol. The van der Waals surface area contributed by atoms with E-state index >= 15 is 0 Å². The van der Waals surface area contributed by atoms with Crippen LogP contribution in [0.25, 0.3) is 0 Å². The average Bonchev–Trinajstić information content (AvgIpc) is 2.45. The minimum absolute atomic E-state index is 0.0142. The monoisotopic (exact) mass is 291 g/mol. The van der Waals surface area contributed by atoms with Crippen LogP contribution in [0.1, 0.15) is 17.2 Å². The van der Waals surface area contributed by atoms with E-state index in [4.69, 9.17) is 0 Å². The molecule has 0 aliphatic rings. The molecule has 0 aliphatic heterocycles. The van der Waals surface area contributed by atoms with Crippen molar-refractivity contribution in [2.24, 2.45) is 0 Å². The predicted octanol–water partition coefficient (Wildman–Crippen LogP) is 3.20. The number of halogens is 1. The molecule has 0 aromatic heterocycles. The van der Waals surface area contributed by atoms with Crippen molar-refractivity contribution in [3.05, 3.63) is 65.5 Å². The number of hydrogen-bond donors (Lipinski definition) is 1. The normalized spacial score (nSPS) is 13.9. The summed E-state index contributed by atoms with van der Waals surface area (Å²) in [5.41, 5.74) is 2.28. The van der Waals surface area contributed by atoms with Crippen LogP contribution in [0.15, 0.2) is 53.4 Å². The van der Waals surface area contributed by atoms with Gasteiger partial charge in [-0.3, -0.25) is 4.21 Å². The Labute approximate surface area is 121 Å². The molecule has 0 radical (unpaired) electrons. The van der Waals surface area contributed by atoms with Gasteiger partial charge in [-0.15, -0.1) is 0 Å². The molecule has 4 heteroatoms. The van der Waals surface area contributed by atoms with Crippen molar-refractivity contribution in [2.75, 3.05) is 12.8 Å². The third-order valence-electron chi connectivity index (χ3n) is 3.21. The molecule has 0 aliphatic carbocycles. The van der Waals surface area contributed by atoms with Gasteiger partial charge in [0.15, 0.2) is 0 Å². The van der Waals surface area contributed by atoms with Gasteiger partial charge in [0.1, 0.15) is 5.82 Å². The Balaban J connectivity index is 2.14. The van der Waals surface area contributed by atoms with Gasteiger partial charge in [-0.05, 0) is 37.7 Å². The van der Waals surface area contributed by atoms with Crippen LogP contribution in [0.5, 0.6) is 0 Å². The highest BCUT2D eigenvalue weighted by Crippen LogP contribution is 2.18. The van der Waals surface area contributed by atoms with Crippen molar-refractivity contribution < 1.29 is 8.60 Å². The first kappa shape index (κ1) is 14.9. The lowest BCUT2D eigenvalue weighted by atomic mass is 10.1. The molecular weight excluding hydrogens is 273 g/mol. The number of hydrogen-bond acceptors (Lipinski definition) is 2. The first-order valence-electron chi connectivity index (χ1n) is 6.48. The van der Waals surface area contributed by atoms with Gasteiger partial charge in [0.25, 0.3) is 0 Å². The summed E-state index contributed by atoms with van der Waals surface area (Å²) < 4.78 is 25.5. The van der Waals surface area contributed by atoms with E-state index in [0.29, 0.717) is 10.6 Å². The molecular formula is C16H18FNOS. The van der Waals surface area contributed by atoms with Crippen LogP contribution in [0.4, 0.5) is 4.39 Å². The summed E-state index contributed by atoms with van der Waals surface area (Å²) in [6.07, 6.45) is 0. The van der Waals surface area contributed by atoms with Gasteiger partial charge < -0.3 is 5.32 Å². The summed E-state index contributed by atoms with van der Waals surface area (Å²) in [7, 11) is 0.609. The standard InChI is InChI=1S/C16H18FNOS/c1-12-6-8-13(9-7-12)16(18-2)11-20(19)15-5-3-4-14(17)10-15/h3-10,16,18H,11H2,1-2H3. The lowest BCUT2D eigenvalue weighted by molar-refractivity contribution is 0.619. The summed E-state index contributed by atoms with van der Waals surface area (Å²) in [4.78, 5) is 0.525. The highest BCUT2D eigenvalue weighted by atomic mass is 32.2. The van der Waals surface area contributed by atoms with Gasteiger partial charge in [0, 0.05) is 16.7 Å². The van der Waals surface area contributed by atoms with Crippen LogP contribution in [0.2, 0.25) is 0 Å². The third kappa shape index (κ3) is 3.74. The van der Waals surface area contributed by atoms with E-state index < -0.39 is 10.8 Å². The molecule has 0 fully saturated rings. The van der Waals surface area contributed by atoms with Crippen molar-refractivity contribution in [3.63, 3.8) is 0 Å². The maximum atomic E-state index is 13.2. The van der Waals surface area contributed by atoms with Crippen LogP contribution in [0, 0.1) is 12.7 Å². The molecule has 0 saturated carbocycles. The van der Waals surface area contributed by atoms with Gasteiger partial charge in [-0.1, -0.05) is 35.9 Å². The number of benzene rings is 2. The fourth-order valence-corrected chi connectivity index (χ4v) is 3.33. The minimum atomic E-state index is -1.23. The molecule has 0 saturated heterocycles. The molecule has 2 aromatic rings.